The van der Waals surface area contributed by atoms with Crippen LogP contribution in [0.3, 0.4) is 0 Å². The molecule has 0 unspecified atom stereocenters. The highest BCUT2D eigenvalue weighted by molar-refractivity contribution is 5.56. The van der Waals surface area contributed by atoms with Crippen LogP contribution in [-0.4, -0.2) is 70.1 Å². The summed E-state index contributed by atoms with van der Waals surface area (Å²) in [6.45, 7) is 11.7. The molecule has 1 aliphatic rings. The van der Waals surface area contributed by atoms with Crippen molar-refractivity contribution < 1.29 is 9.47 Å². The van der Waals surface area contributed by atoms with Crippen molar-refractivity contribution >= 4 is 0 Å². The van der Waals surface area contributed by atoms with Gasteiger partial charge in [0.05, 0.1) is 26.3 Å². The quantitative estimate of drug-likeness (QED) is 0.229. The number of hydrogen-bond acceptors (Lipinski definition) is 6. The summed E-state index contributed by atoms with van der Waals surface area (Å²) in [7, 11) is 1.73. The van der Waals surface area contributed by atoms with E-state index < -0.39 is 0 Å². The molecule has 1 saturated heterocycles. The first-order valence-corrected chi connectivity index (χ1v) is 14.3. The van der Waals surface area contributed by atoms with Crippen LogP contribution in [0.5, 0.6) is 5.75 Å². The van der Waals surface area contributed by atoms with Gasteiger partial charge in [-0.25, -0.2) is 9.67 Å². The predicted octanol–water partition coefficient (Wildman–Crippen LogP) is 5.67. The fourth-order valence-electron chi connectivity index (χ4n) is 5.77. The molecule has 210 valence electrons. The van der Waals surface area contributed by atoms with Gasteiger partial charge in [0.2, 0.25) is 0 Å². The summed E-state index contributed by atoms with van der Waals surface area (Å²) in [5.74, 6) is 1.74. The van der Waals surface area contributed by atoms with Gasteiger partial charge < -0.3 is 9.47 Å². The molecule has 0 aliphatic carbocycles. The highest BCUT2D eigenvalue weighted by Crippen LogP contribution is 2.35. The van der Waals surface area contributed by atoms with Crippen molar-refractivity contribution in [2.75, 3.05) is 33.4 Å². The van der Waals surface area contributed by atoms with Crippen LogP contribution in [0.2, 0.25) is 0 Å². The molecule has 7 nitrogen and oxygen atoms in total. The Morgan fingerprint density at radius 1 is 0.900 bits per heavy atom. The zero-order valence-corrected chi connectivity index (χ0v) is 24.1. The molecule has 0 spiro atoms. The van der Waals surface area contributed by atoms with E-state index in [1.807, 2.05) is 17.7 Å². The van der Waals surface area contributed by atoms with E-state index >= 15 is 0 Å². The van der Waals surface area contributed by atoms with Crippen molar-refractivity contribution in [1.82, 2.24) is 24.6 Å². The molecule has 1 aliphatic heterocycles. The lowest BCUT2D eigenvalue weighted by molar-refractivity contribution is 0.0195. The molecule has 3 aromatic carbocycles. The molecule has 0 amide bonds. The maximum atomic E-state index is 5.63. The topological polar surface area (TPSA) is 55.7 Å². The van der Waals surface area contributed by atoms with E-state index in [1.165, 1.54) is 16.7 Å². The Kier molecular flexibility index (Phi) is 9.26. The molecular formula is C33H41N5O2. The Bertz CT molecular complexity index is 1340. The SMILES string of the molecule is CCOCCn1ncnc1-c1ccc([C@H](c2cccc(OC)c2)N2C[C@@H](C)N(Cc3ccccc3)C[C@@H]2C)cc1. The number of hydrogen-bond donors (Lipinski definition) is 0. The van der Waals surface area contributed by atoms with E-state index in [0.717, 1.165) is 36.8 Å². The summed E-state index contributed by atoms with van der Waals surface area (Å²) in [6.07, 6.45) is 1.62. The van der Waals surface area contributed by atoms with Gasteiger partial charge in [-0.2, -0.15) is 5.10 Å². The molecule has 5 rings (SSSR count). The second-order valence-electron chi connectivity index (χ2n) is 10.6. The maximum Gasteiger partial charge on any atom is 0.158 e. The number of benzene rings is 3. The van der Waals surface area contributed by atoms with Gasteiger partial charge in [0.15, 0.2) is 5.82 Å². The number of rotatable bonds is 11. The third-order valence-corrected chi connectivity index (χ3v) is 7.88. The van der Waals surface area contributed by atoms with E-state index in [0.29, 0.717) is 31.8 Å². The van der Waals surface area contributed by atoms with Gasteiger partial charge in [-0.15, -0.1) is 0 Å². The zero-order chi connectivity index (χ0) is 27.9. The fraction of sp³-hybridized carbons (Fsp3) is 0.394. The standard InChI is InChI=1S/C33H41N5O2/c1-5-40-19-18-38-33(34-24-35-38)29-16-14-28(15-17-29)32(30-12-9-13-31(20-30)39-4)37-22-25(2)36(21-26(37)3)23-27-10-7-6-8-11-27/h6-17,20,24-26,32H,5,18-19,21-23H2,1-4H3/t25-,26+,32-/m1/s1. The molecule has 0 radical (unpaired) electrons. The summed E-state index contributed by atoms with van der Waals surface area (Å²) in [6, 6.07) is 29.0. The second kappa shape index (κ2) is 13.2. The monoisotopic (exact) mass is 539 g/mol. The van der Waals surface area contributed by atoms with Gasteiger partial charge in [-0.1, -0.05) is 66.7 Å². The minimum absolute atomic E-state index is 0.108. The number of nitrogens with zero attached hydrogens (tertiary/aromatic N) is 5. The van der Waals surface area contributed by atoms with E-state index in [2.05, 4.69) is 107 Å². The summed E-state index contributed by atoms with van der Waals surface area (Å²) in [4.78, 5) is 9.80. The highest BCUT2D eigenvalue weighted by atomic mass is 16.5. The summed E-state index contributed by atoms with van der Waals surface area (Å²) < 4.78 is 13.1. The lowest BCUT2D eigenvalue weighted by atomic mass is 9.92. The van der Waals surface area contributed by atoms with Crippen LogP contribution in [-0.2, 0) is 17.8 Å². The molecule has 1 fully saturated rings. The lowest BCUT2D eigenvalue weighted by Gasteiger charge is -2.47. The molecule has 2 heterocycles. The number of methoxy groups -OCH3 is 1. The average Bonchev–Trinajstić information content (AvgIpc) is 3.45. The molecular weight excluding hydrogens is 498 g/mol. The molecule has 0 saturated carbocycles. The van der Waals surface area contributed by atoms with Crippen molar-refractivity contribution in [3.8, 4) is 17.1 Å². The van der Waals surface area contributed by atoms with Gasteiger partial charge in [-0.05, 0) is 49.6 Å². The van der Waals surface area contributed by atoms with Gasteiger partial charge in [0, 0.05) is 43.9 Å². The van der Waals surface area contributed by atoms with Crippen LogP contribution < -0.4 is 4.74 Å². The first kappa shape index (κ1) is 28.0. The van der Waals surface area contributed by atoms with Crippen molar-refractivity contribution in [2.45, 2.75) is 52.0 Å². The summed E-state index contributed by atoms with van der Waals surface area (Å²) >= 11 is 0. The maximum absolute atomic E-state index is 5.63. The van der Waals surface area contributed by atoms with E-state index in [9.17, 15) is 0 Å². The molecule has 4 aromatic rings. The van der Waals surface area contributed by atoms with E-state index in [-0.39, 0.29) is 6.04 Å². The normalized spacial score (nSPS) is 19.0. The number of aromatic nitrogens is 3. The third-order valence-electron chi connectivity index (χ3n) is 7.88. The molecule has 1 aromatic heterocycles. The minimum Gasteiger partial charge on any atom is -0.497 e. The average molecular weight is 540 g/mol. The molecule has 0 bridgehead atoms. The fourth-order valence-corrected chi connectivity index (χ4v) is 5.77. The Hall–Kier alpha value is -3.52. The largest absolute Gasteiger partial charge is 0.497 e. The van der Waals surface area contributed by atoms with Crippen molar-refractivity contribution in [2.24, 2.45) is 0 Å². The van der Waals surface area contributed by atoms with Crippen LogP contribution in [0.1, 0.15) is 43.5 Å². The van der Waals surface area contributed by atoms with Crippen molar-refractivity contribution in [3.05, 3.63) is 102 Å². The Morgan fingerprint density at radius 3 is 2.45 bits per heavy atom. The van der Waals surface area contributed by atoms with E-state index in [1.54, 1.807) is 13.4 Å². The van der Waals surface area contributed by atoms with E-state index in [4.69, 9.17) is 9.47 Å². The Balaban J connectivity index is 1.42. The lowest BCUT2D eigenvalue weighted by Crippen LogP contribution is -2.56. The predicted molar refractivity (Wildman–Crippen MR) is 159 cm³/mol. The molecule has 40 heavy (non-hydrogen) atoms. The Morgan fingerprint density at radius 2 is 1.70 bits per heavy atom. The second-order valence-corrected chi connectivity index (χ2v) is 10.6. The minimum atomic E-state index is 0.108. The van der Waals surface area contributed by atoms with Crippen LogP contribution >= 0.6 is 0 Å². The van der Waals surface area contributed by atoms with Crippen LogP contribution in [0.25, 0.3) is 11.4 Å². The van der Waals surface area contributed by atoms with Gasteiger partial charge >= 0.3 is 0 Å². The summed E-state index contributed by atoms with van der Waals surface area (Å²) in [5, 5.41) is 4.42. The Labute approximate surface area is 238 Å². The summed E-state index contributed by atoms with van der Waals surface area (Å²) in [5.41, 5.74) is 4.91. The van der Waals surface area contributed by atoms with Gasteiger partial charge in [-0.3, -0.25) is 9.80 Å². The van der Waals surface area contributed by atoms with Gasteiger partial charge in [0.1, 0.15) is 12.1 Å². The van der Waals surface area contributed by atoms with Crippen molar-refractivity contribution in [3.63, 3.8) is 0 Å². The van der Waals surface area contributed by atoms with Crippen LogP contribution in [0.4, 0.5) is 0 Å². The smallest absolute Gasteiger partial charge is 0.158 e. The first-order valence-electron chi connectivity index (χ1n) is 14.3. The zero-order valence-electron chi connectivity index (χ0n) is 24.1. The van der Waals surface area contributed by atoms with Crippen LogP contribution in [0.15, 0.2) is 85.2 Å². The van der Waals surface area contributed by atoms with Gasteiger partial charge in [0.25, 0.3) is 0 Å². The van der Waals surface area contributed by atoms with Crippen molar-refractivity contribution in [1.29, 1.82) is 0 Å². The highest BCUT2D eigenvalue weighted by Gasteiger charge is 2.35. The molecule has 3 atom stereocenters. The first-order chi connectivity index (χ1) is 19.6. The molecule has 7 heteroatoms. The van der Waals surface area contributed by atoms with Crippen LogP contribution in [0, 0.1) is 0 Å². The molecule has 0 N–H and O–H groups in total. The third kappa shape index (κ3) is 6.44. The number of piperazine rings is 1. The number of ether oxygens (including phenoxy) is 2.